The number of benzene rings is 1. The third-order valence-electron chi connectivity index (χ3n) is 4.12. The van der Waals surface area contributed by atoms with Crippen molar-refractivity contribution in [3.05, 3.63) is 61.2 Å². The lowest BCUT2D eigenvalue weighted by molar-refractivity contribution is -0.131. The van der Waals surface area contributed by atoms with E-state index in [-0.39, 0.29) is 5.91 Å². The van der Waals surface area contributed by atoms with E-state index in [9.17, 15) is 4.79 Å². The molecule has 1 aliphatic rings. The smallest absolute Gasteiger partial charge is 0.237 e. The quantitative estimate of drug-likeness (QED) is 0.687. The van der Waals surface area contributed by atoms with Gasteiger partial charge in [-0.15, -0.1) is 13.2 Å². The molecule has 1 aromatic rings. The summed E-state index contributed by atoms with van der Waals surface area (Å²) >= 11 is 0. The molecule has 1 aliphatic heterocycles. The summed E-state index contributed by atoms with van der Waals surface area (Å²) in [7, 11) is 0. The van der Waals surface area contributed by atoms with E-state index in [2.05, 4.69) is 47.2 Å². The number of nitrogens with zero attached hydrogens (tertiary/aromatic N) is 3. The van der Waals surface area contributed by atoms with E-state index in [1.807, 2.05) is 6.07 Å². The van der Waals surface area contributed by atoms with Crippen LogP contribution in [0.1, 0.15) is 5.56 Å². The molecular weight excluding hydrogens is 286 g/mol. The zero-order valence-electron chi connectivity index (χ0n) is 13.9. The molecule has 1 amide bonds. The maximum Gasteiger partial charge on any atom is 0.237 e. The number of rotatable bonds is 8. The number of carbonyl (C=O) groups excluding carboxylic acids is 1. The van der Waals surface area contributed by atoms with Gasteiger partial charge in [0.25, 0.3) is 0 Å². The molecule has 0 aromatic heterocycles. The summed E-state index contributed by atoms with van der Waals surface area (Å²) in [4.78, 5) is 18.8. The summed E-state index contributed by atoms with van der Waals surface area (Å²) in [6.07, 6.45) is 3.53. The Morgan fingerprint density at radius 3 is 2.13 bits per heavy atom. The lowest BCUT2D eigenvalue weighted by Gasteiger charge is -2.35. The fourth-order valence-electron chi connectivity index (χ4n) is 2.83. The lowest BCUT2D eigenvalue weighted by atomic mass is 10.2. The first-order chi connectivity index (χ1) is 11.2. The normalized spacial score (nSPS) is 16.0. The Morgan fingerprint density at radius 1 is 1.00 bits per heavy atom. The third-order valence-corrected chi connectivity index (χ3v) is 4.12. The first-order valence-corrected chi connectivity index (χ1v) is 8.21. The number of amides is 1. The Bertz CT molecular complexity index is 497. The van der Waals surface area contributed by atoms with Crippen LogP contribution in [0.2, 0.25) is 0 Å². The molecule has 2 rings (SSSR count). The second-order valence-corrected chi connectivity index (χ2v) is 5.91. The molecule has 0 bridgehead atoms. The van der Waals surface area contributed by atoms with E-state index in [0.717, 1.165) is 32.7 Å². The van der Waals surface area contributed by atoms with Gasteiger partial charge in [-0.3, -0.25) is 14.6 Å². The molecule has 1 fully saturated rings. The van der Waals surface area contributed by atoms with Crippen molar-refractivity contribution in [1.29, 1.82) is 0 Å². The summed E-state index contributed by atoms with van der Waals surface area (Å²) in [5.41, 5.74) is 1.35. The first-order valence-electron chi connectivity index (χ1n) is 8.21. The lowest BCUT2D eigenvalue weighted by Crippen LogP contribution is -2.49. The molecule has 0 unspecified atom stereocenters. The predicted molar refractivity (Wildman–Crippen MR) is 95.1 cm³/mol. The van der Waals surface area contributed by atoms with E-state index in [0.29, 0.717) is 19.6 Å². The van der Waals surface area contributed by atoms with Gasteiger partial charge in [-0.2, -0.15) is 0 Å². The van der Waals surface area contributed by atoms with Crippen LogP contribution < -0.4 is 0 Å². The second-order valence-electron chi connectivity index (χ2n) is 5.91. The summed E-state index contributed by atoms with van der Waals surface area (Å²) in [5, 5.41) is 0. The van der Waals surface area contributed by atoms with Gasteiger partial charge in [0.1, 0.15) is 0 Å². The van der Waals surface area contributed by atoms with Crippen LogP contribution in [0.5, 0.6) is 0 Å². The molecule has 0 spiro atoms. The zero-order valence-corrected chi connectivity index (χ0v) is 13.9. The average Bonchev–Trinajstić information content (AvgIpc) is 2.57. The number of piperazine rings is 1. The SMILES string of the molecule is C=CCN(CC=C)C(=O)CN1CCN(Cc2ccccc2)CC1. The van der Waals surface area contributed by atoms with Crippen molar-refractivity contribution in [3.8, 4) is 0 Å². The minimum atomic E-state index is 0.154. The molecule has 0 N–H and O–H groups in total. The molecule has 1 aromatic carbocycles. The van der Waals surface area contributed by atoms with Gasteiger partial charge < -0.3 is 4.90 Å². The minimum Gasteiger partial charge on any atom is -0.334 e. The predicted octanol–water partition coefficient (Wildman–Crippen LogP) is 2.00. The van der Waals surface area contributed by atoms with Crippen LogP contribution in [0.4, 0.5) is 0 Å². The van der Waals surface area contributed by atoms with Gasteiger partial charge >= 0.3 is 0 Å². The molecule has 23 heavy (non-hydrogen) atoms. The molecule has 0 saturated carbocycles. The van der Waals surface area contributed by atoms with Crippen LogP contribution in [-0.2, 0) is 11.3 Å². The van der Waals surface area contributed by atoms with Crippen LogP contribution in [-0.4, -0.2) is 66.4 Å². The number of hydrogen-bond donors (Lipinski definition) is 0. The van der Waals surface area contributed by atoms with Crippen molar-refractivity contribution < 1.29 is 4.79 Å². The van der Waals surface area contributed by atoms with Crippen LogP contribution in [0, 0.1) is 0 Å². The van der Waals surface area contributed by atoms with Crippen molar-refractivity contribution in [3.63, 3.8) is 0 Å². The van der Waals surface area contributed by atoms with Crippen LogP contribution in [0.3, 0.4) is 0 Å². The first kappa shape index (κ1) is 17.4. The highest BCUT2D eigenvalue weighted by Gasteiger charge is 2.20. The fraction of sp³-hybridized carbons (Fsp3) is 0.421. The largest absolute Gasteiger partial charge is 0.334 e. The van der Waals surface area contributed by atoms with E-state index in [1.54, 1.807) is 17.1 Å². The highest BCUT2D eigenvalue weighted by Crippen LogP contribution is 2.08. The molecule has 4 nitrogen and oxygen atoms in total. The van der Waals surface area contributed by atoms with Crippen molar-refractivity contribution in [2.45, 2.75) is 6.54 Å². The monoisotopic (exact) mass is 313 g/mol. The Kier molecular flexibility index (Phi) is 7.04. The fourth-order valence-corrected chi connectivity index (χ4v) is 2.83. The summed E-state index contributed by atoms with van der Waals surface area (Å²) in [6, 6.07) is 10.5. The summed E-state index contributed by atoms with van der Waals surface area (Å²) < 4.78 is 0. The second kappa shape index (κ2) is 9.28. The van der Waals surface area contributed by atoms with Crippen LogP contribution in [0.15, 0.2) is 55.6 Å². The molecule has 1 heterocycles. The van der Waals surface area contributed by atoms with E-state index in [4.69, 9.17) is 0 Å². The maximum absolute atomic E-state index is 12.3. The topological polar surface area (TPSA) is 26.8 Å². The standard InChI is InChI=1S/C19H27N3O/c1-3-10-22(11-4-2)19(23)17-21-14-12-20(13-15-21)16-18-8-6-5-7-9-18/h3-9H,1-2,10-17H2. The van der Waals surface area contributed by atoms with Gasteiger partial charge in [0.05, 0.1) is 6.54 Å². The Balaban J connectivity index is 1.76. The molecule has 0 aliphatic carbocycles. The van der Waals surface area contributed by atoms with Crippen molar-refractivity contribution in [2.75, 3.05) is 45.8 Å². The van der Waals surface area contributed by atoms with Crippen LogP contribution in [0.25, 0.3) is 0 Å². The molecule has 0 radical (unpaired) electrons. The van der Waals surface area contributed by atoms with Gasteiger partial charge in [0.15, 0.2) is 0 Å². The highest BCUT2D eigenvalue weighted by molar-refractivity contribution is 5.78. The molecular formula is C19H27N3O. The van der Waals surface area contributed by atoms with Gasteiger partial charge in [0.2, 0.25) is 5.91 Å². The molecule has 0 atom stereocenters. The van der Waals surface area contributed by atoms with Gasteiger partial charge in [-0.25, -0.2) is 0 Å². The molecule has 124 valence electrons. The van der Waals surface area contributed by atoms with Gasteiger partial charge in [-0.1, -0.05) is 42.5 Å². The van der Waals surface area contributed by atoms with E-state index >= 15 is 0 Å². The highest BCUT2D eigenvalue weighted by atomic mass is 16.2. The molecule has 4 heteroatoms. The van der Waals surface area contributed by atoms with Crippen molar-refractivity contribution >= 4 is 5.91 Å². The number of hydrogen-bond acceptors (Lipinski definition) is 3. The summed E-state index contributed by atoms with van der Waals surface area (Å²) in [5.74, 6) is 0.154. The number of carbonyl (C=O) groups is 1. The minimum absolute atomic E-state index is 0.154. The molecule has 1 saturated heterocycles. The van der Waals surface area contributed by atoms with Gasteiger partial charge in [-0.05, 0) is 5.56 Å². The Hall–Kier alpha value is -1.91. The van der Waals surface area contributed by atoms with E-state index in [1.165, 1.54) is 5.56 Å². The van der Waals surface area contributed by atoms with Crippen molar-refractivity contribution in [2.24, 2.45) is 0 Å². The van der Waals surface area contributed by atoms with Crippen LogP contribution >= 0.6 is 0 Å². The van der Waals surface area contributed by atoms with Gasteiger partial charge in [0, 0.05) is 45.8 Å². The average molecular weight is 313 g/mol. The van der Waals surface area contributed by atoms with Crippen molar-refractivity contribution in [1.82, 2.24) is 14.7 Å². The Labute approximate surface area is 139 Å². The zero-order chi connectivity index (χ0) is 16.5. The van der Waals surface area contributed by atoms with E-state index < -0.39 is 0 Å². The maximum atomic E-state index is 12.3. The Morgan fingerprint density at radius 2 is 1.57 bits per heavy atom. The summed E-state index contributed by atoms with van der Waals surface area (Å²) in [6.45, 7) is 14.0. The third kappa shape index (κ3) is 5.66.